The van der Waals surface area contributed by atoms with Crippen LogP contribution in [0.25, 0.3) is 27.7 Å². The quantitative estimate of drug-likeness (QED) is 0.300. The van der Waals surface area contributed by atoms with E-state index in [0.717, 1.165) is 45.6 Å². The van der Waals surface area contributed by atoms with E-state index in [1.807, 2.05) is 35.0 Å². The molecule has 1 saturated heterocycles. The first-order valence-corrected chi connectivity index (χ1v) is 14.0. The number of fused-ring (bicyclic) bond motifs is 2. The normalized spacial score (nSPS) is 18.6. The Hall–Kier alpha value is -3.56. The smallest absolute Gasteiger partial charge is 0.241 e. The molecule has 1 N–H and O–H groups in total. The third kappa shape index (κ3) is 5.67. The number of likely N-dealkylation sites (tertiary alicyclic amines) is 1. The molecule has 0 amide bonds. The summed E-state index contributed by atoms with van der Waals surface area (Å²) in [4.78, 5) is 7.00. The molecule has 40 heavy (non-hydrogen) atoms. The van der Waals surface area contributed by atoms with Crippen molar-refractivity contribution in [2.45, 2.75) is 73.1 Å². The summed E-state index contributed by atoms with van der Waals surface area (Å²) in [7, 11) is 0. The molecule has 1 fully saturated rings. The summed E-state index contributed by atoms with van der Waals surface area (Å²) in [6.07, 6.45) is 2.17. The third-order valence-electron chi connectivity index (χ3n) is 7.51. The van der Waals surface area contributed by atoms with Crippen LogP contribution in [0.15, 0.2) is 42.7 Å². The highest BCUT2D eigenvalue weighted by atomic mass is 19.1. The van der Waals surface area contributed by atoms with Gasteiger partial charge in [-0.15, -0.1) is 10.2 Å². The van der Waals surface area contributed by atoms with E-state index in [2.05, 4.69) is 68.7 Å². The number of rotatable bonds is 7. The first kappa shape index (κ1) is 28.0. The van der Waals surface area contributed by atoms with Crippen molar-refractivity contribution in [2.24, 2.45) is 10.8 Å². The monoisotopic (exact) mass is 550 g/mol. The van der Waals surface area contributed by atoms with Crippen molar-refractivity contribution >= 4 is 22.5 Å². The minimum Gasteiger partial charge on any atom is -0.372 e. The molecule has 0 radical (unpaired) electrons. The fourth-order valence-corrected chi connectivity index (χ4v) is 5.35. The molecule has 10 heteroatoms. The number of allylic oxidation sites excluding steroid dienone is 1. The summed E-state index contributed by atoms with van der Waals surface area (Å²) in [5.41, 5.74) is 6.02. The lowest BCUT2D eigenvalue weighted by molar-refractivity contribution is 0.135. The first-order chi connectivity index (χ1) is 18.8. The molecule has 8 nitrogen and oxygen atoms in total. The van der Waals surface area contributed by atoms with Crippen LogP contribution in [0.2, 0.25) is 0 Å². The Kier molecular flexibility index (Phi) is 7.31. The Labute approximate surface area is 234 Å². The van der Waals surface area contributed by atoms with Gasteiger partial charge < -0.3 is 10.2 Å². The molecule has 1 aromatic carbocycles. The number of aryl methyl sites for hydroxylation is 1. The molecule has 214 valence electrons. The number of benzene rings is 1. The highest BCUT2D eigenvalue weighted by Gasteiger charge is 2.33. The number of nitrogens with zero attached hydrogens (tertiary/aromatic N) is 7. The van der Waals surface area contributed by atoms with E-state index >= 15 is 4.39 Å². The molecule has 1 aliphatic heterocycles. The molecule has 2 unspecified atom stereocenters. The average Bonchev–Trinajstić information content (AvgIpc) is 3.48. The van der Waals surface area contributed by atoms with Gasteiger partial charge >= 0.3 is 0 Å². The zero-order valence-corrected chi connectivity index (χ0v) is 24.4. The summed E-state index contributed by atoms with van der Waals surface area (Å²) in [5, 5.41) is 16.3. The number of aromatic nitrogens is 6. The van der Waals surface area contributed by atoms with Gasteiger partial charge in [0.25, 0.3) is 0 Å². The topological polar surface area (TPSA) is 76.2 Å². The fraction of sp³-hybridized carbons (Fsp3) is 0.533. The lowest BCUT2D eigenvalue weighted by atomic mass is 9.89. The van der Waals surface area contributed by atoms with E-state index in [4.69, 9.17) is 10.1 Å². The van der Waals surface area contributed by atoms with Crippen molar-refractivity contribution in [3.63, 3.8) is 0 Å². The van der Waals surface area contributed by atoms with Crippen molar-refractivity contribution < 1.29 is 8.78 Å². The van der Waals surface area contributed by atoms with E-state index in [-0.39, 0.29) is 23.4 Å². The Bertz CT molecular complexity index is 1520. The molecule has 4 aromatic rings. The Morgan fingerprint density at radius 2 is 1.93 bits per heavy atom. The molecule has 2 atom stereocenters. The summed E-state index contributed by atoms with van der Waals surface area (Å²) in [6, 6.07) is 7.51. The van der Waals surface area contributed by atoms with Gasteiger partial charge in [-0.2, -0.15) is 0 Å². The standard InChI is InChI=1S/C30H40F2N8/c1-19(30(5,6)7)38-13-11-23(22(32)18-38)33-28-34-25(17-29(2,3)4)27-21(10-14-40(27)36-28)20-8-9-24-26(16-20)39(15-12-31)37-35-24/h8-10,14,16,22-23H,1,11-13,15,17-18H2,2-7H3,(H,33,36). The van der Waals surface area contributed by atoms with E-state index < -0.39 is 12.8 Å². The number of anilines is 1. The highest BCUT2D eigenvalue weighted by Crippen LogP contribution is 2.34. The first-order valence-electron chi connectivity index (χ1n) is 14.0. The second kappa shape index (κ2) is 10.4. The van der Waals surface area contributed by atoms with Crippen LogP contribution in [0.3, 0.4) is 0 Å². The van der Waals surface area contributed by atoms with Gasteiger partial charge in [0.1, 0.15) is 18.4 Å². The minimum absolute atomic E-state index is 0.0391. The van der Waals surface area contributed by atoms with E-state index in [1.165, 1.54) is 0 Å². The third-order valence-corrected chi connectivity index (χ3v) is 7.51. The van der Waals surface area contributed by atoms with Crippen LogP contribution in [0.5, 0.6) is 0 Å². The molecule has 0 aliphatic carbocycles. The van der Waals surface area contributed by atoms with Crippen molar-refractivity contribution in [1.29, 1.82) is 0 Å². The number of piperidine rings is 1. The zero-order chi connectivity index (χ0) is 28.8. The second-order valence-corrected chi connectivity index (χ2v) is 13.0. The van der Waals surface area contributed by atoms with Crippen molar-refractivity contribution in [3.05, 3.63) is 48.4 Å². The van der Waals surface area contributed by atoms with Crippen LogP contribution in [0.4, 0.5) is 14.7 Å². The molecule has 5 rings (SSSR count). The Balaban J connectivity index is 1.47. The Morgan fingerprint density at radius 1 is 1.15 bits per heavy atom. The average molecular weight is 551 g/mol. The van der Waals surface area contributed by atoms with Gasteiger partial charge in [-0.3, -0.25) is 0 Å². The lowest BCUT2D eigenvalue weighted by Crippen LogP contribution is -2.48. The second-order valence-electron chi connectivity index (χ2n) is 13.0. The predicted molar refractivity (Wildman–Crippen MR) is 156 cm³/mol. The number of halogens is 2. The molecular formula is C30H40F2N8. The van der Waals surface area contributed by atoms with Crippen molar-refractivity contribution in [2.75, 3.05) is 25.1 Å². The van der Waals surface area contributed by atoms with Crippen LogP contribution in [0.1, 0.15) is 53.7 Å². The maximum Gasteiger partial charge on any atom is 0.241 e. The van der Waals surface area contributed by atoms with Gasteiger partial charge in [0.15, 0.2) is 0 Å². The summed E-state index contributed by atoms with van der Waals surface area (Å²) < 4.78 is 31.9. The van der Waals surface area contributed by atoms with Crippen LogP contribution in [-0.2, 0) is 13.0 Å². The minimum atomic E-state index is -1.08. The maximum absolute atomic E-state index is 15.4. The molecule has 3 aromatic heterocycles. The van der Waals surface area contributed by atoms with Crippen LogP contribution >= 0.6 is 0 Å². The number of hydrogen-bond acceptors (Lipinski definition) is 6. The van der Waals surface area contributed by atoms with Crippen LogP contribution in [0, 0.1) is 10.8 Å². The molecule has 1 aliphatic rings. The van der Waals surface area contributed by atoms with Gasteiger partial charge in [-0.25, -0.2) is 23.0 Å². The van der Waals surface area contributed by atoms with Crippen LogP contribution < -0.4 is 5.32 Å². The number of nitrogens with one attached hydrogen (secondary N) is 1. The summed E-state index contributed by atoms with van der Waals surface area (Å²) in [5.74, 6) is 0.422. The summed E-state index contributed by atoms with van der Waals surface area (Å²) >= 11 is 0. The Morgan fingerprint density at radius 3 is 2.60 bits per heavy atom. The molecular weight excluding hydrogens is 510 g/mol. The molecule has 0 saturated carbocycles. The highest BCUT2D eigenvalue weighted by molar-refractivity contribution is 5.88. The van der Waals surface area contributed by atoms with Gasteiger partial charge in [0.2, 0.25) is 5.95 Å². The zero-order valence-electron chi connectivity index (χ0n) is 24.4. The number of hydrogen-bond donors (Lipinski definition) is 1. The van der Waals surface area contributed by atoms with Gasteiger partial charge in [0, 0.05) is 29.4 Å². The fourth-order valence-electron chi connectivity index (χ4n) is 5.35. The predicted octanol–water partition coefficient (Wildman–Crippen LogP) is 6.08. The van der Waals surface area contributed by atoms with Gasteiger partial charge in [0.05, 0.1) is 35.9 Å². The van der Waals surface area contributed by atoms with Gasteiger partial charge in [-0.05, 0) is 42.0 Å². The molecule has 0 bridgehead atoms. The van der Waals surface area contributed by atoms with E-state index in [0.29, 0.717) is 25.3 Å². The molecule has 4 heterocycles. The van der Waals surface area contributed by atoms with Crippen molar-refractivity contribution in [1.82, 2.24) is 34.5 Å². The number of alkyl halides is 2. The maximum atomic E-state index is 15.4. The largest absolute Gasteiger partial charge is 0.372 e. The SMILES string of the molecule is C=C(N1CCC(Nc2nc(CC(C)(C)C)c3c(-c4ccc5nnn(CCF)c5c4)ccn3n2)C(F)C1)C(C)(C)C. The summed E-state index contributed by atoms with van der Waals surface area (Å²) in [6.45, 7) is 17.7. The van der Waals surface area contributed by atoms with E-state index in [9.17, 15) is 4.39 Å². The van der Waals surface area contributed by atoms with E-state index in [1.54, 1.807) is 4.68 Å². The van der Waals surface area contributed by atoms with Gasteiger partial charge in [-0.1, -0.05) is 59.4 Å². The lowest BCUT2D eigenvalue weighted by Gasteiger charge is -2.41. The molecule has 0 spiro atoms. The van der Waals surface area contributed by atoms with Crippen molar-refractivity contribution in [3.8, 4) is 11.1 Å². The van der Waals surface area contributed by atoms with Crippen LogP contribution in [-0.4, -0.2) is 66.5 Å².